The standard InChI is InChI=1S/C16H21ClFNO/c1-5-8-19-15(16(2,3)4)12-9-10-6-7-11(17)13(18)14(10)20-12/h6-7,9,15,19H,5,8H2,1-4H3. The van der Waals surface area contributed by atoms with E-state index in [2.05, 4.69) is 33.0 Å². The molecule has 0 radical (unpaired) electrons. The summed E-state index contributed by atoms with van der Waals surface area (Å²) in [6.07, 6.45) is 1.03. The van der Waals surface area contributed by atoms with Gasteiger partial charge in [-0.3, -0.25) is 0 Å². The van der Waals surface area contributed by atoms with Crippen molar-refractivity contribution in [3.63, 3.8) is 0 Å². The van der Waals surface area contributed by atoms with Crippen LogP contribution in [0, 0.1) is 11.2 Å². The van der Waals surface area contributed by atoms with Crippen LogP contribution in [-0.2, 0) is 0 Å². The van der Waals surface area contributed by atoms with Crippen molar-refractivity contribution in [2.45, 2.75) is 40.2 Å². The zero-order valence-corrected chi connectivity index (χ0v) is 13.1. The Balaban J connectivity index is 2.46. The van der Waals surface area contributed by atoms with Crippen LogP contribution in [0.4, 0.5) is 4.39 Å². The molecule has 1 aromatic heterocycles. The Kier molecular flexibility index (Phi) is 4.40. The molecule has 2 rings (SSSR count). The summed E-state index contributed by atoms with van der Waals surface area (Å²) in [4.78, 5) is 0. The number of benzene rings is 1. The fourth-order valence-electron chi connectivity index (χ4n) is 2.33. The van der Waals surface area contributed by atoms with E-state index in [4.69, 9.17) is 16.0 Å². The average Bonchev–Trinajstić information content (AvgIpc) is 2.77. The number of furan rings is 1. The first-order valence-corrected chi connectivity index (χ1v) is 7.33. The first-order valence-electron chi connectivity index (χ1n) is 6.95. The minimum absolute atomic E-state index is 0.0245. The molecule has 0 aliphatic carbocycles. The lowest BCUT2D eigenvalue weighted by Crippen LogP contribution is -2.32. The molecule has 20 heavy (non-hydrogen) atoms. The van der Waals surface area contributed by atoms with E-state index in [0.717, 1.165) is 24.1 Å². The highest BCUT2D eigenvalue weighted by molar-refractivity contribution is 6.31. The molecular formula is C16H21ClFNO. The van der Waals surface area contributed by atoms with E-state index >= 15 is 0 Å². The van der Waals surface area contributed by atoms with E-state index in [1.54, 1.807) is 12.1 Å². The van der Waals surface area contributed by atoms with Crippen LogP contribution in [0.3, 0.4) is 0 Å². The van der Waals surface area contributed by atoms with E-state index in [1.165, 1.54) is 0 Å². The summed E-state index contributed by atoms with van der Waals surface area (Å²) in [5, 5.41) is 4.31. The van der Waals surface area contributed by atoms with Crippen molar-refractivity contribution in [1.82, 2.24) is 5.32 Å². The van der Waals surface area contributed by atoms with Crippen molar-refractivity contribution in [3.8, 4) is 0 Å². The van der Waals surface area contributed by atoms with Gasteiger partial charge in [0.2, 0.25) is 0 Å². The third kappa shape index (κ3) is 2.99. The summed E-state index contributed by atoms with van der Waals surface area (Å²) >= 11 is 5.80. The predicted molar refractivity (Wildman–Crippen MR) is 81.7 cm³/mol. The zero-order chi connectivity index (χ0) is 14.9. The van der Waals surface area contributed by atoms with Crippen LogP contribution < -0.4 is 5.32 Å². The minimum Gasteiger partial charge on any atom is -0.456 e. The van der Waals surface area contributed by atoms with E-state index in [-0.39, 0.29) is 22.1 Å². The number of hydrogen-bond donors (Lipinski definition) is 1. The maximum atomic E-state index is 14.0. The molecule has 1 heterocycles. The summed E-state index contributed by atoms with van der Waals surface area (Å²) in [6.45, 7) is 9.41. The fourth-order valence-corrected chi connectivity index (χ4v) is 2.48. The van der Waals surface area contributed by atoms with E-state index in [0.29, 0.717) is 0 Å². The van der Waals surface area contributed by atoms with Crippen LogP contribution in [0.1, 0.15) is 45.9 Å². The van der Waals surface area contributed by atoms with Crippen molar-refractivity contribution in [2.75, 3.05) is 6.54 Å². The minimum atomic E-state index is -0.487. The lowest BCUT2D eigenvalue weighted by Gasteiger charge is -2.29. The lowest BCUT2D eigenvalue weighted by molar-refractivity contribution is 0.241. The molecule has 0 fully saturated rings. The molecule has 0 bridgehead atoms. The van der Waals surface area contributed by atoms with Crippen molar-refractivity contribution in [3.05, 3.63) is 34.8 Å². The fraction of sp³-hybridized carbons (Fsp3) is 0.500. The molecule has 0 aliphatic heterocycles. The molecule has 1 unspecified atom stereocenters. The highest BCUT2D eigenvalue weighted by atomic mass is 35.5. The summed E-state index contributed by atoms with van der Waals surface area (Å²) in [7, 11) is 0. The monoisotopic (exact) mass is 297 g/mol. The van der Waals surface area contributed by atoms with E-state index in [1.807, 2.05) is 6.07 Å². The SMILES string of the molecule is CCCNC(c1cc2ccc(Cl)c(F)c2o1)C(C)(C)C. The predicted octanol–water partition coefficient (Wildman–Crippen LogP) is 5.31. The highest BCUT2D eigenvalue weighted by Gasteiger charge is 2.29. The van der Waals surface area contributed by atoms with Gasteiger partial charge in [-0.2, -0.15) is 0 Å². The third-order valence-electron chi connectivity index (χ3n) is 3.35. The van der Waals surface area contributed by atoms with Crippen molar-refractivity contribution in [1.29, 1.82) is 0 Å². The van der Waals surface area contributed by atoms with Crippen LogP contribution in [-0.4, -0.2) is 6.54 Å². The summed E-state index contributed by atoms with van der Waals surface area (Å²) in [5.74, 6) is 0.265. The van der Waals surface area contributed by atoms with Crippen molar-refractivity contribution >= 4 is 22.6 Å². The van der Waals surface area contributed by atoms with E-state index < -0.39 is 5.82 Å². The molecule has 0 spiro atoms. The summed E-state index contributed by atoms with van der Waals surface area (Å²) in [5.41, 5.74) is 0.212. The molecule has 4 heteroatoms. The van der Waals surface area contributed by atoms with Gasteiger partial charge in [0.25, 0.3) is 0 Å². The summed E-state index contributed by atoms with van der Waals surface area (Å²) < 4.78 is 19.7. The van der Waals surface area contributed by atoms with Gasteiger partial charge in [0.15, 0.2) is 11.4 Å². The molecule has 0 amide bonds. The Labute approximate surface area is 124 Å². The lowest BCUT2D eigenvalue weighted by atomic mass is 9.85. The number of halogens is 2. The Morgan fingerprint density at radius 3 is 2.65 bits per heavy atom. The molecule has 0 saturated heterocycles. The molecular weight excluding hydrogens is 277 g/mol. The number of nitrogens with one attached hydrogen (secondary N) is 1. The number of hydrogen-bond acceptors (Lipinski definition) is 2. The topological polar surface area (TPSA) is 25.2 Å². The van der Waals surface area contributed by atoms with Gasteiger partial charge in [0.1, 0.15) is 5.76 Å². The molecule has 1 atom stereocenters. The summed E-state index contributed by atoms with van der Waals surface area (Å²) in [6, 6.07) is 5.28. The maximum absolute atomic E-state index is 14.0. The molecule has 110 valence electrons. The van der Waals surface area contributed by atoms with Crippen molar-refractivity contribution in [2.24, 2.45) is 5.41 Å². The largest absolute Gasteiger partial charge is 0.456 e. The van der Waals surface area contributed by atoms with Gasteiger partial charge >= 0.3 is 0 Å². The first-order chi connectivity index (χ1) is 9.34. The van der Waals surface area contributed by atoms with Gasteiger partial charge in [-0.05, 0) is 36.6 Å². The van der Waals surface area contributed by atoms with Crippen LogP contribution in [0.5, 0.6) is 0 Å². The Morgan fingerprint density at radius 1 is 1.35 bits per heavy atom. The van der Waals surface area contributed by atoms with Crippen molar-refractivity contribution < 1.29 is 8.81 Å². The van der Waals surface area contributed by atoms with Gasteiger partial charge in [-0.25, -0.2) is 4.39 Å². The number of fused-ring (bicyclic) bond motifs is 1. The average molecular weight is 298 g/mol. The number of rotatable bonds is 4. The van der Waals surface area contributed by atoms with Crippen LogP contribution in [0.15, 0.2) is 22.6 Å². The highest BCUT2D eigenvalue weighted by Crippen LogP contribution is 2.37. The Bertz CT molecular complexity index is 600. The van der Waals surface area contributed by atoms with Crippen LogP contribution in [0.25, 0.3) is 11.0 Å². The zero-order valence-electron chi connectivity index (χ0n) is 12.4. The van der Waals surface area contributed by atoms with Gasteiger partial charge in [0.05, 0.1) is 11.1 Å². The quantitative estimate of drug-likeness (QED) is 0.827. The molecule has 0 saturated carbocycles. The first kappa shape index (κ1) is 15.3. The van der Waals surface area contributed by atoms with Gasteiger partial charge in [0, 0.05) is 5.39 Å². The molecule has 0 aliphatic rings. The smallest absolute Gasteiger partial charge is 0.184 e. The van der Waals surface area contributed by atoms with Crippen LogP contribution >= 0.6 is 11.6 Å². The molecule has 1 aromatic carbocycles. The molecule has 1 N–H and O–H groups in total. The second kappa shape index (κ2) is 5.74. The van der Waals surface area contributed by atoms with Gasteiger partial charge in [-0.15, -0.1) is 0 Å². The molecule has 2 aromatic rings. The normalized spacial score (nSPS) is 13.9. The maximum Gasteiger partial charge on any atom is 0.184 e. The second-order valence-corrected chi connectivity index (χ2v) is 6.59. The second-order valence-electron chi connectivity index (χ2n) is 6.18. The Hall–Kier alpha value is -1.06. The Morgan fingerprint density at radius 2 is 2.05 bits per heavy atom. The third-order valence-corrected chi connectivity index (χ3v) is 3.64. The van der Waals surface area contributed by atoms with E-state index in [9.17, 15) is 4.39 Å². The van der Waals surface area contributed by atoms with Gasteiger partial charge < -0.3 is 9.73 Å². The van der Waals surface area contributed by atoms with Crippen LogP contribution in [0.2, 0.25) is 5.02 Å². The van der Waals surface area contributed by atoms with Gasteiger partial charge in [-0.1, -0.05) is 39.3 Å². The molecule has 2 nitrogen and oxygen atoms in total.